The van der Waals surface area contributed by atoms with Crippen LogP contribution in [-0.4, -0.2) is 54.3 Å². The molecular weight excluding hydrogens is 370 g/mol. The number of carbonyl (C=O) groups excluding carboxylic acids is 5. The predicted molar refractivity (Wildman–Crippen MR) is 100 cm³/mol. The summed E-state index contributed by atoms with van der Waals surface area (Å²) >= 11 is 0. The van der Waals surface area contributed by atoms with E-state index in [-0.39, 0.29) is 25.4 Å². The van der Waals surface area contributed by atoms with Crippen molar-refractivity contribution >= 4 is 29.6 Å². The third-order valence-corrected chi connectivity index (χ3v) is 3.66. The van der Waals surface area contributed by atoms with E-state index in [1.807, 2.05) is 13.8 Å². The summed E-state index contributed by atoms with van der Waals surface area (Å²) in [5.74, 6) is -3.05. The Balaban J connectivity index is 5.13. The minimum atomic E-state index is -1.23. The van der Waals surface area contributed by atoms with Crippen molar-refractivity contribution in [3.63, 3.8) is 0 Å². The Morgan fingerprint density at radius 2 is 1.57 bits per heavy atom. The first-order valence-corrected chi connectivity index (χ1v) is 8.98. The van der Waals surface area contributed by atoms with Crippen LogP contribution < -0.4 is 27.8 Å². The molecule has 0 radical (unpaired) electrons. The lowest BCUT2D eigenvalue weighted by Crippen LogP contribution is -2.54. The molecule has 0 aliphatic rings. The van der Waals surface area contributed by atoms with Crippen molar-refractivity contribution in [1.29, 1.82) is 0 Å². The van der Waals surface area contributed by atoms with Gasteiger partial charge in [0.1, 0.15) is 12.6 Å². The first kappa shape index (κ1) is 25.3. The number of primary amides is 2. The van der Waals surface area contributed by atoms with E-state index >= 15 is 0 Å². The zero-order valence-electron chi connectivity index (χ0n) is 16.5. The lowest BCUT2D eigenvalue weighted by molar-refractivity contribution is -0.142. The summed E-state index contributed by atoms with van der Waals surface area (Å²) in [4.78, 5) is 57.7. The SMILES string of the molecule is CC(=O)OC[C@H](CC(C)C)NC(=O)[C@H](CCC(N)=O)NC(=O)[C@@H](N)CC(N)=O. The second-order valence-corrected chi connectivity index (χ2v) is 6.98. The van der Waals surface area contributed by atoms with Crippen molar-refractivity contribution < 1.29 is 28.7 Å². The Morgan fingerprint density at radius 3 is 2.04 bits per heavy atom. The van der Waals surface area contributed by atoms with Gasteiger partial charge in [0.2, 0.25) is 23.6 Å². The Labute approximate surface area is 164 Å². The van der Waals surface area contributed by atoms with E-state index in [9.17, 15) is 24.0 Å². The molecule has 160 valence electrons. The van der Waals surface area contributed by atoms with E-state index in [1.165, 1.54) is 6.92 Å². The van der Waals surface area contributed by atoms with Crippen molar-refractivity contribution in [2.45, 2.75) is 64.6 Å². The molecule has 0 aromatic rings. The van der Waals surface area contributed by atoms with E-state index in [0.717, 1.165) is 0 Å². The summed E-state index contributed by atoms with van der Waals surface area (Å²) in [6.07, 6.45) is -0.0739. The molecule has 0 aromatic heterocycles. The van der Waals surface area contributed by atoms with Crippen LogP contribution in [0.5, 0.6) is 0 Å². The number of ether oxygens (including phenoxy) is 1. The van der Waals surface area contributed by atoms with Crippen LogP contribution in [0.25, 0.3) is 0 Å². The van der Waals surface area contributed by atoms with Crippen molar-refractivity contribution in [2.75, 3.05) is 6.61 Å². The Hall–Kier alpha value is -2.69. The van der Waals surface area contributed by atoms with Gasteiger partial charge in [0, 0.05) is 13.3 Å². The van der Waals surface area contributed by atoms with Crippen molar-refractivity contribution in [2.24, 2.45) is 23.1 Å². The van der Waals surface area contributed by atoms with Crippen molar-refractivity contribution in [3.8, 4) is 0 Å². The maximum Gasteiger partial charge on any atom is 0.302 e. The second-order valence-electron chi connectivity index (χ2n) is 6.98. The molecule has 3 atom stereocenters. The molecule has 0 aliphatic carbocycles. The number of nitrogens with two attached hydrogens (primary N) is 3. The minimum Gasteiger partial charge on any atom is -0.464 e. The highest BCUT2D eigenvalue weighted by Crippen LogP contribution is 2.07. The fourth-order valence-corrected chi connectivity index (χ4v) is 2.40. The summed E-state index contributed by atoms with van der Waals surface area (Å²) in [5, 5.41) is 5.10. The van der Waals surface area contributed by atoms with E-state index in [2.05, 4.69) is 10.6 Å². The molecule has 28 heavy (non-hydrogen) atoms. The number of esters is 1. The summed E-state index contributed by atoms with van der Waals surface area (Å²) < 4.78 is 4.96. The molecule has 0 rings (SSSR count). The average Bonchev–Trinajstić information content (AvgIpc) is 2.54. The van der Waals surface area contributed by atoms with Crippen molar-refractivity contribution in [1.82, 2.24) is 10.6 Å². The van der Waals surface area contributed by atoms with Gasteiger partial charge in [0.15, 0.2) is 0 Å². The third-order valence-electron chi connectivity index (χ3n) is 3.66. The molecule has 0 bridgehead atoms. The van der Waals surface area contributed by atoms with Gasteiger partial charge >= 0.3 is 5.97 Å². The van der Waals surface area contributed by atoms with E-state index in [1.54, 1.807) is 0 Å². The normalized spacial score (nSPS) is 13.9. The van der Waals surface area contributed by atoms with Gasteiger partial charge in [-0.15, -0.1) is 0 Å². The zero-order chi connectivity index (χ0) is 21.9. The fourth-order valence-electron chi connectivity index (χ4n) is 2.40. The summed E-state index contributed by atoms with van der Waals surface area (Å²) in [6.45, 7) is 5.09. The van der Waals surface area contributed by atoms with Crippen LogP contribution in [0, 0.1) is 5.92 Å². The van der Waals surface area contributed by atoms with Crippen LogP contribution in [0.15, 0.2) is 0 Å². The number of amides is 4. The van der Waals surface area contributed by atoms with E-state index in [0.29, 0.717) is 6.42 Å². The first-order valence-electron chi connectivity index (χ1n) is 8.98. The molecular formula is C17H31N5O6. The van der Waals surface area contributed by atoms with Gasteiger partial charge in [-0.05, 0) is 18.8 Å². The molecule has 0 aliphatic heterocycles. The lowest BCUT2D eigenvalue weighted by Gasteiger charge is -2.25. The molecule has 4 amide bonds. The second kappa shape index (κ2) is 12.7. The maximum absolute atomic E-state index is 12.6. The number of nitrogens with one attached hydrogen (secondary N) is 2. The van der Waals surface area contributed by atoms with Gasteiger partial charge < -0.3 is 32.6 Å². The number of hydrogen-bond donors (Lipinski definition) is 5. The van der Waals surface area contributed by atoms with Crippen LogP contribution in [-0.2, 0) is 28.7 Å². The number of carbonyl (C=O) groups is 5. The molecule has 0 fully saturated rings. The van der Waals surface area contributed by atoms with Crippen LogP contribution in [0.4, 0.5) is 0 Å². The molecule has 11 heteroatoms. The monoisotopic (exact) mass is 401 g/mol. The molecule has 8 N–H and O–H groups in total. The Bertz CT molecular complexity index is 580. The summed E-state index contributed by atoms with van der Waals surface area (Å²) in [5.41, 5.74) is 15.7. The highest BCUT2D eigenvalue weighted by Gasteiger charge is 2.27. The Kier molecular flexibility index (Phi) is 11.4. The fraction of sp³-hybridized carbons (Fsp3) is 0.706. The van der Waals surface area contributed by atoms with Crippen LogP contribution in [0.2, 0.25) is 0 Å². The molecule has 0 saturated carbocycles. The van der Waals surface area contributed by atoms with Gasteiger partial charge in [-0.2, -0.15) is 0 Å². The molecule has 0 unspecified atom stereocenters. The quantitative estimate of drug-likeness (QED) is 0.221. The molecule has 11 nitrogen and oxygen atoms in total. The van der Waals surface area contributed by atoms with Crippen molar-refractivity contribution in [3.05, 3.63) is 0 Å². The van der Waals surface area contributed by atoms with Gasteiger partial charge in [-0.25, -0.2) is 0 Å². The van der Waals surface area contributed by atoms with Gasteiger partial charge in [0.25, 0.3) is 0 Å². The van der Waals surface area contributed by atoms with E-state index < -0.39 is 54.1 Å². The molecule has 0 saturated heterocycles. The average molecular weight is 401 g/mol. The Morgan fingerprint density at radius 1 is 0.964 bits per heavy atom. The van der Waals surface area contributed by atoms with Gasteiger partial charge in [-0.3, -0.25) is 24.0 Å². The number of hydrogen-bond acceptors (Lipinski definition) is 7. The molecule has 0 spiro atoms. The van der Waals surface area contributed by atoms with Gasteiger partial charge in [-0.1, -0.05) is 13.8 Å². The van der Waals surface area contributed by atoms with E-state index in [4.69, 9.17) is 21.9 Å². The van der Waals surface area contributed by atoms with Crippen LogP contribution in [0.1, 0.15) is 46.5 Å². The highest BCUT2D eigenvalue weighted by atomic mass is 16.5. The number of rotatable bonds is 13. The first-order chi connectivity index (χ1) is 12.9. The summed E-state index contributed by atoms with van der Waals surface area (Å²) in [7, 11) is 0. The largest absolute Gasteiger partial charge is 0.464 e. The zero-order valence-corrected chi connectivity index (χ0v) is 16.5. The highest BCUT2D eigenvalue weighted by molar-refractivity contribution is 5.92. The summed E-state index contributed by atoms with van der Waals surface area (Å²) in [6, 6.07) is -2.82. The van der Waals surface area contributed by atoms with Gasteiger partial charge in [0.05, 0.1) is 18.5 Å². The minimum absolute atomic E-state index is 0.0308. The standard InChI is InChI=1S/C17H31N5O6/c1-9(2)6-11(8-28-10(3)23)21-17(27)13(4-5-14(19)24)22-16(26)12(18)7-15(20)25/h9,11-13H,4-8,18H2,1-3H3,(H2,19,24)(H2,20,25)(H,21,27)(H,22,26)/t11-,12-,13-/m0/s1. The predicted octanol–water partition coefficient (Wildman–Crippen LogP) is -1.97. The third kappa shape index (κ3) is 11.8. The molecule has 0 heterocycles. The van der Waals surface area contributed by atoms with Crippen LogP contribution >= 0.6 is 0 Å². The lowest BCUT2D eigenvalue weighted by atomic mass is 10.0. The van der Waals surface area contributed by atoms with Crippen LogP contribution in [0.3, 0.4) is 0 Å². The molecule has 0 aromatic carbocycles. The topological polar surface area (TPSA) is 197 Å². The maximum atomic E-state index is 12.6. The smallest absolute Gasteiger partial charge is 0.302 e.